The topological polar surface area (TPSA) is 75.5 Å². The number of carbonyl (C=O) groups is 1. The number of benzene rings is 2. The average Bonchev–Trinajstić information content (AvgIpc) is 3.25. The summed E-state index contributed by atoms with van der Waals surface area (Å²) in [6.45, 7) is 1.06. The molecule has 2 aromatic rings. The summed E-state index contributed by atoms with van der Waals surface area (Å²) in [4.78, 5) is 25.4. The molecule has 5 rings (SSSR count). The van der Waals surface area contributed by atoms with Gasteiger partial charge in [0.05, 0.1) is 10.8 Å². The highest BCUT2D eigenvalue weighted by atomic mass is 16.6. The Morgan fingerprint density at radius 3 is 2.77 bits per heavy atom. The van der Waals surface area contributed by atoms with Gasteiger partial charge in [-0.15, -0.1) is 0 Å². The Hall–Kier alpha value is -3.15. The molecule has 1 atom stereocenters. The number of nitrogens with zero attached hydrogens (tertiary/aromatic N) is 2. The van der Waals surface area contributed by atoms with E-state index in [-0.39, 0.29) is 22.9 Å². The lowest BCUT2D eigenvalue weighted by molar-refractivity contribution is -0.433. The van der Waals surface area contributed by atoms with E-state index in [1.165, 1.54) is 27.2 Å². The van der Waals surface area contributed by atoms with E-state index >= 15 is 0 Å². The molecular formula is C20H17N3O3. The number of nitro groups is 1. The maximum atomic E-state index is 12.5. The summed E-state index contributed by atoms with van der Waals surface area (Å²) in [5.41, 5.74) is 5.81. The summed E-state index contributed by atoms with van der Waals surface area (Å²) in [7, 11) is 0. The maximum Gasteiger partial charge on any atom is 0.294 e. The molecule has 0 radical (unpaired) electrons. The fourth-order valence-corrected chi connectivity index (χ4v) is 4.39. The van der Waals surface area contributed by atoms with Gasteiger partial charge >= 0.3 is 0 Å². The Morgan fingerprint density at radius 2 is 1.92 bits per heavy atom. The molecule has 2 aliphatic heterocycles. The van der Waals surface area contributed by atoms with Crippen LogP contribution < -0.4 is 5.32 Å². The van der Waals surface area contributed by atoms with Crippen LogP contribution >= 0.6 is 0 Å². The molecule has 1 saturated heterocycles. The largest absolute Gasteiger partial charge is 0.364 e. The fourth-order valence-electron chi connectivity index (χ4n) is 4.39. The van der Waals surface area contributed by atoms with Crippen molar-refractivity contribution in [1.82, 2.24) is 10.2 Å². The number of carbonyl (C=O) groups excluding carboxylic acids is 1. The van der Waals surface area contributed by atoms with E-state index in [0.717, 1.165) is 12.0 Å². The van der Waals surface area contributed by atoms with Crippen LogP contribution in [-0.2, 0) is 11.2 Å². The third kappa shape index (κ3) is 2.08. The van der Waals surface area contributed by atoms with Crippen molar-refractivity contribution in [2.75, 3.05) is 13.1 Å². The van der Waals surface area contributed by atoms with Gasteiger partial charge in [-0.1, -0.05) is 42.5 Å². The molecule has 0 saturated carbocycles. The first-order chi connectivity index (χ1) is 12.6. The number of fused-ring (bicyclic) bond motifs is 4. The highest BCUT2D eigenvalue weighted by Gasteiger charge is 2.44. The summed E-state index contributed by atoms with van der Waals surface area (Å²) in [5, 5.41) is 14.8. The molecule has 0 bridgehead atoms. The molecule has 6 heteroatoms. The van der Waals surface area contributed by atoms with Crippen molar-refractivity contribution in [2.24, 2.45) is 0 Å². The van der Waals surface area contributed by atoms with E-state index < -0.39 is 5.92 Å². The molecule has 6 nitrogen and oxygen atoms in total. The van der Waals surface area contributed by atoms with Crippen molar-refractivity contribution in [3.05, 3.63) is 80.8 Å². The van der Waals surface area contributed by atoms with Crippen LogP contribution in [0.1, 0.15) is 29.0 Å². The normalized spacial score (nSPS) is 20.5. The van der Waals surface area contributed by atoms with E-state index in [4.69, 9.17) is 0 Å². The molecule has 1 fully saturated rings. The van der Waals surface area contributed by atoms with Gasteiger partial charge in [-0.05, 0) is 34.2 Å². The van der Waals surface area contributed by atoms with Crippen LogP contribution in [0, 0.1) is 10.1 Å². The Balaban J connectivity index is 1.60. The number of hydrogen-bond donors (Lipinski definition) is 1. The lowest BCUT2D eigenvalue weighted by atomic mass is 9.87. The lowest BCUT2D eigenvalue weighted by Crippen LogP contribution is -2.37. The van der Waals surface area contributed by atoms with Crippen LogP contribution in [0.2, 0.25) is 0 Å². The summed E-state index contributed by atoms with van der Waals surface area (Å²) in [6, 6.07) is 14.3. The summed E-state index contributed by atoms with van der Waals surface area (Å²) < 4.78 is 0. The van der Waals surface area contributed by atoms with E-state index in [0.29, 0.717) is 18.9 Å². The van der Waals surface area contributed by atoms with Gasteiger partial charge in [-0.2, -0.15) is 0 Å². The average molecular weight is 347 g/mol. The molecule has 1 amide bonds. The Morgan fingerprint density at radius 1 is 1.12 bits per heavy atom. The second-order valence-corrected chi connectivity index (χ2v) is 6.97. The zero-order valence-electron chi connectivity index (χ0n) is 14.1. The van der Waals surface area contributed by atoms with Crippen LogP contribution in [0.15, 0.2) is 54.0 Å². The van der Waals surface area contributed by atoms with Crippen molar-refractivity contribution in [3.8, 4) is 11.1 Å². The Labute approximate surface area is 150 Å². The molecule has 130 valence electrons. The van der Waals surface area contributed by atoms with Crippen molar-refractivity contribution in [1.29, 1.82) is 0 Å². The highest BCUT2D eigenvalue weighted by Crippen LogP contribution is 2.41. The predicted octanol–water partition coefficient (Wildman–Crippen LogP) is 2.62. The summed E-state index contributed by atoms with van der Waals surface area (Å²) in [5.74, 6) is -0.187. The van der Waals surface area contributed by atoms with Gasteiger partial charge in [-0.3, -0.25) is 19.8 Å². The van der Waals surface area contributed by atoms with Gasteiger partial charge in [0.2, 0.25) is 5.91 Å². The third-order valence-corrected chi connectivity index (χ3v) is 5.57. The number of hydrogen-bond acceptors (Lipinski definition) is 4. The van der Waals surface area contributed by atoms with Gasteiger partial charge in [-0.25, -0.2) is 0 Å². The minimum absolute atomic E-state index is 0.0515. The van der Waals surface area contributed by atoms with E-state index in [1.54, 1.807) is 0 Å². The van der Waals surface area contributed by atoms with Crippen molar-refractivity contribution in [2.45, 2.75) is 18.8 Å². The molecule has 3 aliphatic rings. The minimum Gasteiger partial charge on any atom is -0.364 e. The van der Waals surface area contributed by atoms with Gasteiger partial charge < -0.3 is 5.32 Å². The monoisotopic (exact) mass is 347 g/mol. The van der Waals surface area contributed by atoms with E-state index in [9.17, 15) is 14.9 Å². The fraction of sp³-hybridized carbons (Fsp3) is 0.250. The molecule has 0 spiro atoms. The first-order valence-corrected chi connectivity index (χ1v) is 8.77. The first-order valence-electron chi connectivity index (χ1n) is 8.77. The number of rotatable bonds is 2. The van der Waals surface area contributed by atoms with E-state index in [2.05, 4.69) is 17.4 Å². The third-order valence-electron chi connectivity index (χ3n) is 5.57. The van der Waals surface area contributed by atoms with E-state index in [1.807, 2.05) is 30.3 Å². The van der Waals surface area contributed by atoms with Gasteiger partial charge in [0.1, 0.15) is 0 Å². The molecular weight excluding hydrogens is 330 g/mol. The zero-order valence-corrected chi connectivity index (χ0v) is 14.1. The van der Waals surface area contributed by atoms with Crippen LogP contribution in [0.25, 0.3) is 11.1 Å². The first kappa shape index (κ1) is 15.1. The molecule has 0 aromatic heterocycles. The van der Waals surface area contributed by atoms with Crippen LogP contribution in [0.3, 0.4) is 0 Å². The molecule has 2 heterocycles. The molecule has 2 aromatic carbocycles. The molecule has 1 N–H and O–H groups in total. The van der Waals surface area contributed by atoms with Gasteiger partial charge in [0.15, 0.2) is 5.82 Å². The maximum absolute atomic E-state index is 12.5. The lowest BCUT2D eigenvalue weighted by Gasteiger charge is -2.27. The van der Waals surface area contributed by atoms with Crippen molar-refractivity contribution >= 4 is 5.91 Å². The Bertz CT molecular complexity index is 996. The SMILES string of the molecule is O=C1CC(c2ccc3c(c2)Cc2ccccc2-3)C([N+](=O)[O-])=C2NCCN12. The summed E-state index contributed by atoms with van der Waals surface area (Å²) >= 11 is 0. The second kappa shape index (κ2) is 5.42. The van der Waals surface area contributed by atoms with Crippen molar-refractivity contribution in [3.63, 3.8) is 0 Å². The quantitative estimate of drug-likeness (QED) is 0.571. The number of amides is 1. The molecule has 1 unspecified atom stereocenters. The predicted molar refractivity (Wildman–Crippen MR) is 95.8 cm³/mol. The van der Waals surface area contributed by atoms with Crippen LogP contribution in [0.4, 0.5) is 0 Å². The summed E-state index contributed by atoms with van der Waals surface area (Å²) in [6.07, 6.45) is 0.974. The smallest absolute Gasteiger partial charge is 0.294 e. The number of nitrogens with one attached hydrogen (secondary N) is 1. The van der Waals surface area contributed by atoms with Gasteiger partial charge in [0.25, 0.3) is 5.70 Å². The highest BCUT2D eigenvalue weighted by molar-refractivity contribution is 5.82. The van der Waals surface area contributed by atoms with Gasteiger partial charge in [0, 0.05) is 19.5 Å². The Kier molecular flexibility index (Phi) is 3.16. The number of allylic oxidation sites excluding steroid dienone is 1. The second-order valence-electron chi connectivity index (χ2n) is 6.97. The van der Waals surface area contributed by atoms with Crippen LogP contribution in [0.5, 0.6) is 0 Å². The molecule has 26 heavy (non-hydrogen) atoms. The van der Waals surface area contributed by atoms with Crippen LogP contribution in [-0.4, -0.2) is 28.8 Å². The standard InChI is InChI=1S/C20H17N3O3/c24-18-11-17(19(23(25)26)20-21-7-8-22(18)20)13-5-6-16-14(10-13)9-12-3-1-2-4-15(12)16/h1-6,10,17,21H,7-9,11H2. The molecule has 1 aliphatic carbocycles. The minimum atomic E-state index is -0.511. The van der Waals surface area contributed by atoms with Crippen molar-refractivity contribution < 1.29 is 9.72 Å². The zero-order chi connectivity index (χ0) is 17.8.